The molecule has 22 heavy (non-hydrogen) atoms. The molecule has 2 amide bonds. The lowest BCUT2D eigenvalue weighted by Crippen LogP contribution is -2.27. The van der Waals surface area contributed by atoms with Gasteiger partial charge in [0.25, 0.3) is 11.8 Å². The van der Waals surface area contributed by atoms with Crippen LogP contribution in [0.3, 0.4) is 0 Å². The molecule has 0 aliphatic rings. The number of aliphatic hydroxyl groups excluding tert-OH is 2. The number of hydrogen-bond donors (Lipinski definition) is 4. The van der Waals surface area contributed by atoms with Gasteiger partial charge in [-0.2, -0.15) is 0 Å². The fourth-order valence-electron chi connectivity index (χ4n) is 1.77. The van der Waals surface area contributed by atoms with Gasteiger partial charge in [-0.05, 0) is 37.8 Å². The Morgan fingerprint density at radius 1 is 0.955 bits per heavy atom. The smallest absolute Gasteiger partial charge is 0.269 e. The van der Waals surface area contributed by atoms with Crippen molar-refractivity contribution in [3.05, 3.63) is 29.6 Å². The Balaban J connectivity index is 2.50. The molecule has 0 unspecified atom stereocenters. The van der Waals surface area contributed by atoms with Crippen LogP contribution >= 0.6 is 0 Å². The van der Waals surface area contributed by atoms with Crippen molar-refractivity contribution in [1.29, 1.82) is 0 Å². The van der Waals surface area contributed by atoms with Crippen molar-refractivity contribution in [3.8, 4) is 0 Å². The first kappa shape index (κ1) is 18.1. The molecule has 1 heterocycles. The highest BCUT2D eigenvalue weighted by Gasteiger charge is 2.11. The summed E-state index contributed by atoms with van der Waals surface area (Å²) in [7, 11) is 0. The minimum atomic E-state index is -0.340. The van der Waals surface area contributed by atoms with E-state index in [4.69, 9.17) is 10.2 Å². The van der Waals surface area contributed by atoms with Gasteiger partial charge in [-0.1, -0.05) is 0 Å². The van der Waals surface area contributed by atoms with E-state index in [-0.39, 0.29) is 30.7 Å². The fraction of sp³-hybridized carbons (Fsp3) is 0.533. The van der Waals surface area contributed by atoms with Crippen LogP contribution in [0.25, 0.3) is 0 Å². The number of unbranched alkanes of at least 4 members (excludes halogenated alkanes) is 2. The van der Waals surface area contributed by atoms with Crippen LogP contribution in [-0.2, 0) is 0 Å². The van der Waals surface area contributed by atoms with Crippen molar-refractivity contribution < 1.29 is 19.8 Å². The molecule has 7 nitrogen and oxygen atoms in total. The van der Waals surface area contributed by atoms with E-state index in [1.54, 1.807) is 6.07 Å². The lowest BCUT2D eigenvalue weighted by atomic mass is 10.2. The summed E-state index contributed by atoms with van der Waals surface area (Å²) < 4.78 is 0. The van der Waals surface area contributed by atoms with E-state index >= 15 is 0 Å². The van der Waals surface area contributed by atoms with E-state index in [2.05, 4.69) is 15.6 Å². The highest BCUT2D eigenvalue weighted by atomic mass is 16.3. The standard InChI is InChI=1S/C15H23N3O4/c19-9-3-1-6-17-14(21)12-5-8-16-13(11-12)15(22)18-7-2-4-10-20/h5,8,11,19-20H,1-4,6-7,9-10H2,(H,17,21)(H,18,22). The minimum Gasteiger partial charge on any atom is -0.396 e. The average Bonchev–Trinajstić information content (AvgIpc) is 2.55. The average molecular weight is 309 g/mol. The number of aromatic nitrogens is 1. The number of pyridine rings is 1. The molecule has 122 valence electrons. The zero-order valence-corrected chi connectivity index (χ0v) is 12.5. The van der Waals surface area contributed by atoms with Crippen molar-refractivity contribution in [1.82, 2.24) is 15.6 Å². The molecule has 1 aromatic heterocycles. The molecule has 0 aliphatic heterocycles. The molecule has 1 aromatic rings. The van der Waals surface area contributed by atoms with Gasteiger partial charge >= 0.3 is 0 Å². The zero-order chi connectivity index (χ0) is 16.2. The number of carbonyl (C=O) groups is 2. The van der Waals surface area contributed by atoms with E-state index in [0.717, 1.165) is 0 Å². The van der Waals surface area contributed by atoms with Crippen LogP contribution in [0, 0.1) is 0 Å². The molecule has 1 rings (SSSR count). The van der Waals surface area contributed by atoms with Crippen molar-refractivity contribution in [2.75, 3.05) is 26.3 Å². The summed E-state index contributed by atoms with van der Waals surface area (Å²) in [5.74, 6) is -0.609. The van der Waals surface area contributed by atoms with Gasteiger partial charge in [0.2, 0.25) is 0 Å². The molecule has 0 spiro atoms. The number of nitrogens with zero attached hydrogens (tertiary/aromatic N) is 1. The second-order valence-corrected chi connectivity index (χ2v) is 4.80. The second-order valence-electron chi connectivity index (χ2n) is 4.80. The minimum absolute atomic E-state index is 0.0973. The van der Waals surface area contributed by atoms with Gasteiger partial charge in [0.05, 0.1) is 0 Å². The van der Waals surface area contributed by atoms with Crippen LogP contribution in [0.2, 0.25) is 0 Å². The number of aliphatic hydroxyl groups is 2. The Hall–Kier alpha value is -1.99. The number of carbonyl (C=O) groups excluding carboxylic acids is 2. The number of hydrogen-bond acceptors (Lipinski definition) is 5. The van der Waals surface area contributed by atoms with Crippen molar-refractivity contribution in [2.45, 2.75) is 25.7 Å². The van der Waals surface area contributed by atoms with E-state index in [1.807, 2.05) is 0 Å². The normalized spacial score (nSPS) is 10.3. The third-order valence-corrected chi connectivity index (χ3v) is 3.00. The maximum absolute atomic E-state index is 11.9. The topological polar surface area (TPSA) is 112 Å². The summed E-state index contributed by atoms with van der Waals surface area (Å²) in [6.07, 6.45) is 4.08. The molecular weight excluding hydrogens is 286 g/mol. The van der Waals surface area contributed by atoms with E-state index in [9.17, 15) is 9.59 Å². The molecule has 0 atom stereocenters. The lowest BCUT2D eigenvalue weighted by Gasteiger charge is -2.07. The van der Waals surface area contributed by atoms with Gasteiger partial charge < -0.3 is 20.8 Å². The third kappa shape index (κ3) is 6.64. The van der Waals surface area contributed by atoms with Gasteiger partial charge in [-0.3, -0.25) is 14.6 Å². The molecular formula is C15H23N3O4. The SMILES string of the molecule is O=C(NCCCCO)c1ccnc(C(=O)NCCCCO)c1. The highest BCUT2D eigenvalue weighted by Crippen LogP contribution is 2.02. The van der Waals surface area contributed by atoms with E-state index in [0.29, 0.717) is 44.3 Å². The Bertz CT molecular complexity index is 440. The summed E-state index contributed by atoms with van der Waals surface area (Å²) in [4.78, 5) is 27.8. The first-order valence-corrected chi connectivity index (χ1v) is 7.43. The van der Waals surface area contributed by atoms with Crippen molar-refractivity contribution in [2.24, 2.45) is 0 Å². The molecule has 0 radical (unpaired) electrons. The largest absolute Gasteiger partial charge is 0.396 e. The zero-order valence-electron chi connectivity index (χ0n) is 12.5. The molecule has 4 N–H and O–H groups in total. The molecule has 0 bridgehead atoms. The first-order chi connectivity index (χ1) is 10.7. The van der Waals surface area contributed by atoms with Gasteiger partial charge in [0.15, 0.2) is 0 Å². The summed E-state index contributed by atoms with van der Waals surface area (Å²) in [6.45, 7) is 1.13. The van der Waals surface area contributed by atoms with Crippen molar-refractivity contribution >= 4 is 11.8 Å². The van der Waals surface area contributed by atoms with Crippen LogP contribution in [-0.4, -0.2) is 53.3 Å². The van der Waals surface area contributed by atoms with E-state index < -0.39 is 0 Å². The van der Waals surface area contributed by atoms with Gasteiger partial charge in [-0.25, -0.2) is 0 Å². The van der Waals surface area contributed by atoms with Crippen LogP contribution in [0.4, 0.5) is 0 Å². The molecule has 7 heteroatoms. The quantitative estimate of drug-likeness (QED) is 0.458. The first-order valence-electron chi connectivity index (χ1n) is 7.43. The molecule has 0 saturated heterocycles. The number of nitrogens with one attached hydrogen (secondary N) is 2. The molecule has 0 aliphatic carbocycles. The van der Waals surface area contributed by atoms with Crippen molar-refractivity contribution in [3.63, 3.8) is 0 Å². The summed E-state index contributed by atoms with van der Waals surface area (Å²) in [5, 5.41) is 22.7. The highest BCUT2D eigenvalue weighted by molar-refractivity contribution is 5.98. The summed E-state index contributed by atoms with van der Waals surface area (Å²) in [6, 6.07) is 2.99. The van der Waals surface area contributed by atoms with Gasteiger partial charge in [0, 0.05) is 38.1 Å². The Labute approximate surface area is 129 Å². The maximum atomic E-state index is 11.9. The lowest BCUT2D eigenvalue weighted by molar-refractivity contribution is 0.0947. The van der Waals surface area contributed by atoms with Gasteiger partial charge in [0.1, 0.15) is 5.69 Å². The Kier molecular flexibility index (Phi) is 8.78. The maximum Gasteiger partial charge on any atom is 0.269 e. The second kappa shape index (κ2) is 10.7. The monoisotopic (exact) mass is 309 g/mol. The Morgan fingerprint density at radius 3 is 2.14 bits per heavy atom. The summed E-state index contributed by atoms with van der Waals surface area (Å²) in [5.41, 5.74) is 0.562. The predicted octanol–water partition coefficient (Wildman–Crippen LogP) is 0.0862. The summed E-state index contributed by atoms with van der Waals surface area (Å²) >= 11 is 0. The number of amides is 2. The Morgan fingerprint density at radius 2 is 1.55 bits per heavy atom. The van der Waals surface area contributed by atoms with Crippen LogP contribution < -0.4 is 10.6 Å². The van der Waals surface area contributed by atoms with Crippen LogP contribution in [0.1, 0.15) is 46.5 Å². The number of rotatable bonds is 10. The van der Waals surface area contributed by atoms with Crippen LogP contribution in [0.15, 0.2) is 18.3 Å². The predicted molar refractivity (Wildman–Crippen MR) is 81.5 cm³/mol. The van der Waals surface area contributed by atoms with E-state index in [1.165, 1.54) is 12.3 Å². The molecule has 0 aromatic carbocycles. The van der Waals surface area contributed by atoms with Gasteiger partial charge in [-0.15, -0.1) is 0 Å². The molecule has 0 fully saturated rings. The third-order valence-electron chi connectivity index (χ3n) is 3.00. The molecule has 0 saturated carbocycles. The fourth-order valence-corrected chi connectivity index (χ4v) is 1.77. The van der Waals surface area contributed by atoms with Crippen LogP contribution in [0.5, 0.6) is 0 Å².